The van der Waals surface area contributed by atoms with E-state index < -0.39 is 67.3 Å². The van der Waals surface area contributed by atoms with Gasteiger partial charge in [0.2, 0.25) is 0 Å². The molecule has 6 unspecified atom stereocenters. The van der Waals surface area contributed by atoms with Gasteiger partial charge in [0.15, 0.2) is 24.6 Å². The van der Waals surface area contributed by atoms with Crippen molar-refractivity contribution in [2.75, 3.05) is 13.2 Å². The van der Waals surface area contributed by atoms with Gasteiger partial charge >= 0.3 is 23.9 Å². The van der Waals surface area contributed by atoms with Gasteiger partial charge in [-0.1, -0.05) is 199 Å². The number of allylic oxidation sites excluding steroid dienone is 22. The van der Waals surface area contributed by atoms with Crippen molar-refractivity contribution in [3.05, 3.63) is 134 Å². The summed E-state index contributed by atoms with van der Waals surface area (Å²) in [5, 5.41) is 31.5. The van der Waals surface area contributed by atoms with Gasteiger partial charge in [-0.3, -0.25) is 14.4 Å². The molecule has 0 saturated carbocycles. The average Bonchev–Trinajstić information content (AvgIpc) is 3.47. The molecule has 0 amide bonds. The quantitative estimate of drug-likeness (QED) is 0.0228. The number of carbonyl (C=O) groups excluding carboxylic acids is 3. The maximum atomic E-state index is 13.1. The third-order valence-electron chi connectivity index (χ3n) is 12.7. The van der Waals surface area contributed by atoms with Gasteiger partial charge < -0.3 is 39.0 Å². The largest absolute Gasteiger partial charge is 0.479 e. The molecule has 0 aromatic rings. The van der Waals surface area contributed by atoms with Crippen LogP contribution in [0.3, 0.4) is 0 Å². The van der Waals surface area contributed by atoms with Crippen LogP contribution in [0.4, 0.5) is 0 Å². The molecule has 1 fully saturated rings. The zero-order valence-corrected chi connectivity index (χ0v) is 48.8. The first-order valence-electron chi connectivity index (χ1n) is 30.2. The number of aliphatic carboxylic acids is 1. The van der Waals surface area contributed by atoms with E-state index in [0.29, 0.717) is 25.7 Å². The summed E-state index contributed by atoms with van der Waals surface area (Å²) in [7, 11) is 0. The highest BCUT2D eigenvalue weighted by molar-refractivity contribution is 5.74. The minimum Gasteiger partial charge on any atom is -0.479 e. The molecule has 444 valence electrons. The molecule has 1 heterocycles. The SMILES string of the molecule is CC/C=C\C/C=C\C/C=C\C/C=C\C/C=C\CCCCCC(=O)OCC(COC1OC(C(=O)O)C(O)C(O)C1OC(=O)CCC/C=C\C/C=C\C/C=C\C/C=C\C/C=C\CC)OC(=O)CCCCCCC/C=C\CCCCCC. The second-order valence-electron chi connectivity index (χ2n) is 19.9. The molecule has 79 heavy (non-hydrogen) atoms. The van der Waals surface area contributed by atoms with Crippen molar-refractivity contribution < 1.29 is 58.2 Å². The number of carbonyl (C=O) groups is 4. The summed E-state index contributed by atoms with van der Waals surface area (Å²) < 4.78 is 28.3. The molecule has 12 nitrogen and oxygen atoms in total. The van der Waals surface area contributed by atoms with Crippen molar-refractivity contribution in [3.63, 3.8) is 0 Å². The summed E-state index contributed by atoms with van der Waals surface area (Å²) in [6, 6.07) is 0. The van der Waals surface area contributed by atoms with Crippen molar-refractivity contribution in [2.45, 2.75) is 250 Å². The van der Waals surface area contributed by atoms with E-state index in [1.165, 1.54) is 25.7 Å². The van der Waals surface area contributed by atoms with Gasteiger partial charge in [-0.05, 0) is 128 Å². The van der Waals surface area contributed by atoms with E-state index in [1.807, 2.05) is 12.2 Å². The molecule has 1 aliphatic rings. The Balaban J connectivity index is 2.75. The predicted molar refractivity (Wildman–Crippen MR) is 321 cm³/mol. The number of aliphatic hydroxyl groups excluding tert-OH is 2. The number of hydrogen-bond acceptors (Lipinski definition) is 11. The number of ether oxygens (including phenoxy) is 5. The summed E-state index contributed by atoms with van der Waals surface area (Å²) in [5.41, 5.74) is 0. The Kier molecular flexibility index (Phi) is 48.7. The molecule has 12 heteroatoms. The average molecular weight is 1100 g/mol. The standard InChI is InChI=1S/C67H104O12/c1-4-7-10-13-16-19-22-25-27-29-30-32-33-36-38-41-44-47-50-53-59(68)75-56-58(77-60(69)54-51-48-45-42-39-35-24-21-18-15-12-9-6-3)57-76-67-65(63(72)62(71)64(79-67)66(73)74)78-61(70)55-52-49-46-43-40-37-34-31-28-26-23-20-17-14-11-8-5-2/h7-8,10-11,16-17,19-21,24-28,30,32,34,36-38,43,46,58,62-65,67,71-72H,4-6,9,12-15,18,22-23,29,31,33,35,39-42,44-45,47-57H2,1-3H3,(H,73,74)/b10-7-,11-8-,19-16-,20-17-,24-21-,27-25-,28-26-,32-30-,37-34-,38-36-,46-43-. The van der Waals surface area contributed by atoms with Crippen molar-refractivity contribution in [2.24, 2.45) is 0 Å². The van der Waals surface area contributed by atoms with Crippen LogP contribution in [-0.4, -0.2) is 89.2 Å². The Morgan fingerprint density at radius 1 is 0.430 bits per heavy atom. The van der Waals surface area contributed by atoms with Gasteiger partial charge in [-0.15, -0.1) is 0 Å². The first kappa shape index (κ1) is 71.9. The lowest BCUT2D eigenvalue weighted by atomic mass is 9.98. The lowest BCUT2D eigenvalue weighted by Crippen LogP contribution is -2.61. The van der Waals surface area contributed by atoms with Crippen molar-refractivity contribution in [1.82, 2.24) is 0 Å². The van der Waals surface area contributed by atoms with Crippen LogP contribution in [0.2, 0.25) is 0 Å². The Morgan fingerprint density at radius 3 is 1.28 bits per heavy atom. The normalized spacial score (nSPS) is 18.8. The second-order valence-corrected chi connectivity index (χ2v) is 19.9. The lowest BCUT2D eigenvalue weighted by Gasteiger charge is -2.40. The molecule has 0 radical (unpaired) electrons. The molecule has 0 bridgehead atoms. The third-order valence-corrected chi connectivity index (χ3v) is 12.7. The van der Waals surface area contributed by atoms with E-state index in [-0.39, 0.29) is 25.9 Å². The molecule has 3 N–H and O–H groups in total. The maximum absolute atomic E-state index is 13.1. The maximum Gasteiger partial charge on any atom is 0.335 e. The molecule has 0 aliphatic carbocycles. The number of carboxylic acid groups (broad SMARTS) is 1. The minimum atomic E-state index is -1.94. The second kappa shape index (κ2) is 53.5. The van der Waals surface area contributed by atoms with Gasteiger partial charge in [0.05, 0.1) is 6.61 Å². The summed E-state index contributed by atoms with van der Waals surface area (Å²) >= 11 is 0. The molecule has 1 rings (SSSR count). The van der Waals surface area contributed by atoms with E-state index in [1.54, 1.807) is 0 Å². The Labute approximate surface area is 477 Å². The fraction of sp³-hybridized carbons (Fsp3) is 0.612. The summed E-state index contributed by atoms with van der Waals surface area (Å²) in [6.07, 6.45) is 62.8. The van der Waals surface area contributed by atoms with Crippen molar-refractivity contribution in [3.8, 4) is 0 Å². The molecule has 1 aliphatic heterocycles. The van der Waals surface area contributed by atoms with Crippen LogP contribution in [-0.2, 0) is 42.9 Å². The van der Waals surface area contributed by atoms with E-state index in [2.05, 4.69) is 142 Å². The fourth-order valence-corrected chi connectivity index (χ4v) is 8.13. The first-order chi connectivity index (χ1) is 38.6. The monoisotopic (exact) mass is 1100 g/mol. The number of esters is 3. The highest BCUT2D eigenvalue weighted by Crippen LogP contribution is 2.26. The van der Waals surface area contributed by atoms with Gasteiger partial charge in [0.1, 0.15) is 18.8 Å². The van der Waals surface area contributed by atoms with Crippen LogP contribution in [0.25, 0.3) is 0 Å². The van der Waals surface area contributed by atoms with E-state index in [4.69, 9.17) is 23.7 Å². The molecular formula is C67H104O12. The van der Waals surface area contributed by atoms with E-state index >= 15 is 0 Å². The smallest absolute Gasteiger partial charge is 0.335 e. The number of hydrogen-bond donors (Lipinski definition) is 3. The van der Waals surface area contributed by atoms with Crippen LogP contribution < -0.4 is 0 Å². The van der Waals surface area contributed by atoms with Crippen LogP contribution in [0.5, 0.6) is 0 Å². The van der Waals surface area contributed by atoms with Crippen molar-refractivity contribution >= 4 is 23.9 Å². The molecule has 6 atom stereocenters. The molecule has 1 saturated heterocycles. The Morgan fingerprint density at radius 2 is 0.810 bits per heavy atom. The Bertz CT molecular complexity index is 1880. The van der Waals surface area contributed by atoms with Gasteiger partial charge in [0, 0.05) is 19.3 Å². The first-order valence-corrected chi connectivity index (χ1v) is 30.2. The molecule has 0 aromatic heterocycles. The third kappa shape index (κ3) is 43.4. The molecule has 0 aromatic carbocycles. The number of rotatable bonds is 49. The lowest BCUT2D eigenvalue weighted by molar-refractivity contribution is -0.301. The fourth-order valence-electron chi connectivity index (χ4n) is 8.13. The predicted octanol–water partition coefficient (Wildman–Crippen LogP) is 15.8. The van der Waals surface area contributed by atoms with Gasteiger partial charge in [-0.25, -0.2) is 4.79 Å². The highest BCUT2D eigenvalue weighted by Gasteiger charge is 2.50. The summed E-state index contributed by atoms with van der Waals surface area (Å²) in [4.78, 5) is 51.2. The number of carboxylic acids is 1. The summed E-state index contributed by atoms with van der Waals surface area (Å²) in [5.74, 6) is -3.27. The Hall–Kier alpha value is -5.14. The highest BCUT2D eigenvalue weighted by atomic mass is 16.7. The summed E-state index contributed by atoms with van der Waals surface area (Å²) in [6.45, 7) is 5.68. The van der Waals surface area contributed by atoms with Crippen LogP contribution >= 0.6 is 0 Å². The van der Waals surface area contributed by atoms with Crippen LogP contribution in [0.15, 0.2) is 134 Å². The zero-order chi connectivity index (χ0) is 57.5. The van der Waals surface area contributed by atoms with E-state index in [9.17, 15) is 34.5 Å². The van der Waals surface area contributed by atoms with Crippen LogP contribution in [0.1, 0.15) is 213 Å². The minimum absolute atomic E-state index is 0.0292. The number of unbranched alkanes of at least 4 members (excludes halogenated alkanes) is 13. The topological polar surface area (TPSA) is 175 Å². The molecule has 0 spiro atoms. The van der Waals surface area contributed by atoms with Crippen molar-refractivity contribution in [1.29, 1.82) is 0 Å². The van der Waals surface area contributed by atoms with E-state index in [0.717, 1.165) is 122 Å². The molecular weight excluding hydrogens is 997 g/mol. The number of aliphatic hydroxyl groups is 2. The van der Waals surface area contributed by atoms with Gasteiger partial charge in [-0.2, -0.15) is 0 Å². The zero-order valence-electron chi connectivity index (χ0n) is 48.8. The van der Waals surface area contributed by atoms with Gasteiger partial charge in [0.25, 0.3) is 0 Å². The van der Waals surface area contributed by atoms with Crippen LogP contribution in [0, 0.1) is 0 Å².